The lowest BCUT2D eigenvalue weighted by molar-refractivity contribution is 0.528. The van der Waals surface area contributed by atoms with E-state index < -0.39 is 0 Å². The van der Waals surface area contributed by atoms with Crippen LogP contribution in [0.15, 0.2) is 6.20 Å². The van der Waals surface area contributed by atoms with Crippen molar-refractivity contribution in [3.63, 3.8) is 0 Å². The van der Waals surface area contributed by atoms with Gasteiger partial charge in [-0.05, 0) is 25.3 Å². The number of nitrogens with one attached hydrogen (secondary N) is 1. The summed E-state index contributed by atoms with van der Waals surface area (Å²) in [7, 11) is 4.05. The van der Waals surface area contributed by atoms with Crippen LogP contribution in [0.3, 0.4) is 0 Å². The smallest absolute Gasteiger partial charge is 0.185 e. The lowest BCUT2D eigenvalue weighted by Crippen LogP contribution is -2.14. The molecule has 1 N–H and O–H groups in total. The fourth-order valence-corrected chi connectivity index (χ4v) is 2.23. The summed E-state index contributed by atoms with van der Waals surface area (Å²) in [6, 6.07) is 0. The van der Waals surface area contributed by atoms with Gasteiger partial charge in [0, 0.05) is 31.7 Å². The molecular weight excluding hydrogens is 218 g/mol. The lowest BCUT2D eigenvalue weighted by atomic mass is 10.1. The Hall–Kier alpha value is -0.610. The van der Waals surface area contributed by atoms with E-state index >= 15 is 0 Å². The highest BCUT2D eigenvalue weighted by molar-refractivity contribution is 7.15. The van der Waals surface area contributed by atoms with E-state index in [-0.39, 0.29) is 0 Å². The third kappa shape index (κ3) is 4.94. The summed E-state index contributed by atoms with van der Waals surface area (Å²) in [5, 5.41) is 4.54. The average molecular weight is 241 g/mol. The number of hydrogen-bond acceptors (Lipinski definition) is 4. The molecule has 0 saturated carbocycles. The molecule has 0 aliphatic carbocycles. The predicted octanol–water partition coefficient (Wildman–Crippen LogP) is 2.73. The molecule has 0 unspecified atom stereocenters. The van der Waals surface area contributed by atoms with Crippen LogP contribution < -0.4 is 10.2 Å². The van der Waals surface area contributed by atoms with Gasteiger partial charge >= 0.3 is 0 Å². The third-order valence-corrected chi connectivity index (χ3v) is 3.52. The van der Waals surface area contributed by atoms with Gasteiger partial charge in [-0.3, -0.25) is 0 Å². The van der Waals surface area contributed by atoms with E-state index in [1.54, 1.807) is 11.3 Å². The van der Waals surface area contributed by atoms with Gasteiger partial charge < -0.3 is 10.2 Å². The Morgan fingerprint density at radius 2 is 2.19 bits per heavy atom. The van der Waals surface area contributed by atoms with Crippen molar-refractivity contribution in [3.8, 4) is 0 Å². The lowest BCUT2D eigenvalue weighted by Gasteiger charge is -2.06. The van der Waals surface area contributed by atoms with Crippen molar-refractivity contribution in [3.05, 3.63) is 11.1 Å². The second-order valence-corrected chi connectivity index (χ2v) is 5.81. The molecule has 1 aromatic heterocycles. The Kier molecular flexibility index (Phi) is 5.77. The second kappa shape index (κ2) is 6.86. The molecule has 0 amide bonds. The molecule has 1 aromatic rings. The molecule has 16 heavy (non-hydrogen) atoms. The summed E-state index contributed by atoms with van der Waals surface area (Å²) < 4.78 is 0. The van der Waals surface area contributed by atoms with E-state index in [0.29, 0.717) is 0 Å². The largest absolute Gasteiger partial charge is 0.354 e. The van der Waals surface area contributed by atoms with Crippen LogP contribution in [0.4, 0.5) is 5.13 Å². The molecule has 0 aliphatic rings. The molecule has 0 bridgehead atoms. The molecule has 0 spiro atoms. The van der Waals surface area contributed by atoms with Gasteiger partial charge in [-0.1, -0.05) is 13.8 Å². The minimum atomic E-state index is 0.811. The fraction of sp³-hybridized carbons (Fsp3) is 0.750. The number of thiazole rings is 1. The van der Waals surface area contributed by atoms with Crippen LogP contribution in [-0.2, 0) is 6.54 Å². The fourth-order valence-electron chi connectivity index (χ4n) is 1.43. The van der Waals surface area contributed by atoms with Gasteiger partial charge in [-0.25, -0.2) is 4.98 Å². The van der Waals surface area contributed by atoms with Gasteiger partial charge in [0.25, 0.3) is 0 Å². The van der Waals surface area contributed by atoms with Crippen molar-refractivity contribution in [2.75, 3.05) is 25.5 Å². The van der Waals surface area contributed by atoms with Crippen molar-refractivity contribution in [2.24, 2.45) is 5.92 Å². The van der Waals surface area contributed by atoms with Gasteiger partial charge in [-0.15, -0.1) is 11.3 Å². The highest BCUT2D eigenvalue weighted by Crippen LogP contribution is 2.19. The summed E-state index contributed by atoms with van der Waals surface area (Å²) >= 11 is 1.76. The molecular formula is C12H23N3S. The molecule has 3 nitrogen and oxygen atoms in total. The standard InChI is InChI=1S/C12H23N3S/c1-10(2)6-5-7-13-8-11-9-14-12(16-11)15(3)4/h9-10,13H,5-8H2,1-4H3. The van der Waals surface area contributed by atoms with E-state index in [4.69, 9.17) is 0 Å². The van der Waals surface area contributed by atoms with E-state index in [1.165, 1.54) is 17.7 Å². The molecule has 0 radical (unpaired) electrons. The van der Waals surface area contributed by atoms with E-state index in [9.17, 15) is 0 Å². The maximum atomic E-state index is 4.35. The first-order valence-electron chi connectivity index (χ1n) is 5.92. The molecule has 0 atom stereocenters. The average Bonchev–Trinajstić information content (AvgIpc) is 2.65. The predicted molar refractivity (Wildman–Crippen MR) is 72.2 cm³/mol. The maximum absolute atomic E-state index is 4.35. The van der Waals surface area contributed by atoms with Gasteiger partial charge in [0.15, 0.2) is 5.13 Å². The van der Waals surface area contributed by atoms with Crippen LogP contribution in [-0.4, -0.2) is 25.6 Å². The Bertz CT molecular complexity index is 294. The van der Waals surface area contributed by atoms with Crippen LogP contribution in [0.1, 0.15) is 31.6 Å². The van der Waals surface area contributed by atoms with Crippen LogP contribution >= 0.6 is 11.3 Å². The summed E-state index contributed by atoms with van der Waals surface area (Å²) in [6.45, 7) is 6.59. The van der Waals surface area contributed by atoms with E-state index in [0.717, 1.165) is 24.1 Å². The van der Waals surface area contributed by atoms with E-state index in [2.05, 4.69) is 24.1 Å². The van der Waals surface area contributed by atoms with Crippen LogP contribution in [0, 0.1) is 5.92 Å². The van der Waals surface area contributed by atoms with Crippen molar-refractivity contribution < 1.29 is 0 Å². The Labute approximate surface area is 103 Å². The molecule has 1 rings (SSSR count). The minimum Gasteiger partial charge on any atom is -0.354 e. The zero-order chi connectivity index (χ0) is 12.0. The van der Waals surface area contributed by atoms with Crippen molar-refractivity contribution >= 4 is 16.5 Å². The summed E-state index contributed by atoms with van der Waals surface area (Å²) in [4.78, 5) is 7.71. The molecule has 4 heteroatoms. The normalized spacial score (nSPS) is 11.1. The number of nitrogens with zero attached hydrogens (tertiary/aromatic N) is 2. The molecule has 0 saturated heterocycles. The summed E-state index contributed by atoms with van der Waals surface area (Å²) in [6.07, 6.45) is 4.53. The Morgan fingerprint density at radius 3 is 2.75 bits per heavy atom. The zero-order valence-corrected chi connectivity index (χ0v) is 11.6. The highest BCUT2D eigenvalue weighted by atomic mass is 32.1. The SMILES string of the molecule is CC(C)CCCNCc1cnc(N(C)C)s1. The summed E-state index contributed by atoms with van der Waals surface area (Å²) in [5.74, 6) is 0.811. The van der Waals surface area contributed by atoms with Crippen molar-refractivity contribution in [1.29, 1.82) is 0 Å². The quantitative estimate of drug-likeness (QED) is 0.744. The van der Waals surface area contributed by atoms with Crippen LogP contribution in [0.25, 0.3) is 0 Å². The molecule has 92 valence electrons. The Morgan fingerprint density at radius 1 is 1.44 bits per heavy atom. The Balaban J connectivity index is 2.17. The van der Waals surface area contributed by atoms with Gasteiger partial charge in [0.2, 0.25) is 0 Å². The van der Waals surface area contributed by atoms with Gasteiger partial charge in [0.05, 0.1) is 0 Å². The van der Waals surface area contributed by atoms with Crippen LogP contribution in [0.5, 0.6) is 0 Å². The number of hydrogen-bond donors (Lipinski definition) is 1. The monoisotopic (exact) mass is 241 g/mol. The topological polar surface area (TPSA) is 28.2 Å². The first-order chi connectivity index (χ1) is 7.59. The number of rotatable bonds is 7. The third-order valence-electron chi connectivity index (χ3n) is 2.36. The van der Waals surface area contributed by atoms with Gasteiger partial charge in [-0.2, -0.15) is 0 Å². The highest BCUT2D eigenvalue weighted by Gasteiger charge is 2.02. The van der Waals surface area contributed by atoms with E-state index in [1.807, 2.05) is 25.2 Å². The minimum absolute atomic E-state index is 0.811. The number of aromatic nitrogens is 1. The molecule has 1 heterocycles. The molecule has 0 aromatic carbocycles. The first kappa shape index (κ1) is 13.5. The second-order valence-electron chi connectivity index (χ2n) is 4.72. The van der Waals surface area contributed by atoms with Crippen molar-refractivity contribution in [2.45, 2.75) is 33.2 Å². The molecule has 0 fully saturated rings. The number of anilines is 1. The summed E-state index contributed by atoms with van der Waals surface area (Å²) in [5.41, 5.74) is 0. The zero-order valence-electron chi connectivity index (χ0n) is 10.8. The molecule has 0 aliphatic heterocycles. The van der Waals surface area contributed by atoms with Crippen LogP contribution in [0.2, 0.25) is 0 Å². The first-order valence-corrected chi connectivity index (χ1v) is 6.74. The van der Waals surface area contributed by atoms with Crippen molar-refractivity contribution in [1.82, 2.24) is 10.3 Å². The van der Waals surface area contributed by atoms with Gasteiger partial charge in [0.1, 0.15) is 0 Å². The maximum Gasteiger partial charge on any atom is 0.185 e.